The molecule has 0 fully saturated rings. The minimum absolute atomic E-state index is 0.0751. The van der Waals surface area contributed by atoms with Crippen LogP contribution in [0, 0.1) is 13.8 Å². The van der Waals surface area contributed by atoms with Crippen molar-refractivity contribution in [2.24, 2.45) is 0 Å². The van der Waals surface area contributed by atoms with E-state index in [1.807, 2.05) is 28.8 Å². The van der Waals surface area contributed by atoms with Crippen LogP contribution in [-0.4, -0.2) is 38.0 Å². The molecular weight excluding hydrogens is 358 g/mol. The van der Waals surface area contributed by atoms with Crippen molar-refractivity contribution in [1.29, 1.82) is 0 Å². The van der Waals surface area contributed by atoms with Gasteiger partial charge in [0, 0.05) is 12.7 Å². The molecule has 0 saturated carbocycles. The number of nitrogens with one attached hydrogen (secondary N) is 1. The molecular formula is C20H21N5OS. The molecule has 2 heterocycles. The molecule has 6 nitrogen and oxygen atoms in total. The zero-order valence-corrected chi connectivity index (χ0v) is 16.2. The Bertz CT molecular complexity index is 952. The van der Waals surface area contributed by atoms with Gasteiger partial charge in [-0.05, 0) is 49.2 Å². The number of benzene rings is 1. The summed E-state index contributed by atoms with van der Waals surface area (Å²) in [5, 5.41) is 12.1. The molecule has 0 bridgehead atoms. The lowest BCUT2D eigenvalue weighted by Crippen LogP contribution is -2.25. The highest BCUT2D eigenvalue weighted by Gasteiger charge is 2.18. The molecule has 0 aliphatic rings. The quantitative estimate of drug-likeness (QED) is 0.503. The maximum atomic E-state index is 11.9. The van der Waals surface area contributed by atoms with E-state index in [0.717, 1.165) is 11.4 Å². The fourth-order valence-electron chi connectivity index (χ4n) is 2.49. The number of thioether (sulfide) groups is 1. The van der Waals surface area contributed by atoms with Gasteiger partial charge in [-0.25, -0.2) is 0 Å². The highest BCUT2D eigenvalue weighted by Crippen LogP contribution is 2.27. The normalized spacial score (nSPS) is 10.6. The lowest BCUT2D eigenvalue weighted by Gasteiger charge is -2.12. The Morgan fingerprint density at radius 1 is 1.22 bits per heavy atom. The van der Waals surface area contributed by atoms with Crippen molar-refractivity contribution >= 4 is 17.7 Å². The largest absolute Gasteiger partial charge is 0.352 e. The van der Waals surface area contributed by atoms with E-state index < -0.39 is 0 Å². The lowest BCUT2D eigenvalue weighted by molar-refractivity contribution is -0.118. The van der Waals surface area contributed by atoms with Crippen LogP contribution in [0.5, 0.6) is 0 Å². The molecule has 0 spiro atoms. The molecule has 0 unspecified atom stereocenters. The first-order valence-electron chi connectivity index (χ1n) is 8.55. The zero-order valence-electron chi connectivity index (χ0n) is 15.3. The molecule has 3 aromatic rings. The second kappa shape index (κ2) is 8.64. The van der Waals surface area contributed by atoms with Gasteiger partial charge in [-0.2, -0.15) is 0 Å². The predicted octanol–water partition coefficient (Wildman–Crippen LogP) is 3.34. The van der Waals surface area contributed by atoms with Crippen LogP contribution < -0.4 is 5.32 Å². The van der Waals surface area contributed by atoms with Crippen LogP contribution >= 0.6 is 11.8 Å². The molecule has 0 atom stereocenters. The van der Waals surface area contributed by atoms with E-state index in [4.69, 9.17) is 0 Å². The van der Waals surface area contributed by atoms with E-state index in [1.165, 1.54) is 22.9 Å². The van der Waals surface area contributed by atoms with Crippen LogP contribution in [-0.2, 0) is 4.79 Å². The molecule has 1 amide bonds. The van der Waals surface area contributed by atoms with Crippen molar-refractivity contribution in [3.05, 3.63) is 66.4 Å². The van der Waals surface area contributed by atoms with Crippen molar-refractivity contribution < 1.29 is 4.79 Å². The number of hydrogen-bond donors (Lipinski definition) is 1. The van der Waals surface area contributed by atoms with Crippen LogP contribution in [0.25, 0.3) is 17.2 Å². The Morgan fingerprint density at radius 2 is 2.07 bits per heavy atom. The average Bonchev–Trinajstić information content (AvgIpc) is 3.11. The summed E-state index contributed by atoms with van der Waals surface area (Å²) in [7, 11) is 0. The first-order chi connectivity index (χ1) is 13.1. The molecule has 27 heavy (non-hydrogen) atoms. The van der Waals surface area contributed by atoms with Gasteiger partial charge in [0.2, 0.25) is 5.91 Å². The number of rotatable bonds is 7. The van der Waals surface area contributed by atoms with Crippen LogP contribution in [0.1, 0.15) is 11.1 Å². The number of nitrogens with zero attached hydrogens (tertiary/aromatic N) is 4. The van der Waals surface area contributed by atoms with E-state index in [9.17, 15) is 4.79 Å². The monoisotopic (exact) mass is 379 g/mol. The van der Waals surface area contributed by atoms with Crippen molar-refractivity contribution in [2.75, 3.05) is 12.3 Å². The van der Waals surface area contributed by atoms with E-state index in [1.54, 1.807) is 12.3 Å². The molecule has 0 radical (unpaired) electrons. The average molecular weight is 379 g/mol. The van der Waals surface area contributed by atoms with Gasteiger partial charge in [-0.15, -0.1) is 16.8 Å². The van der Waals surface area contributed by atoms with E-state index in [0.29, 0.717) is 17.5 Å². The third kappa shape index (κ3) is 4.43. The van der Waals surface area contributed by atoms with Crippen molar-refractivity contribution in [3.8, 4) is 17.2 Å². The van der Waals surface area contributed by atoms with Crippen LogP contribution in [0.4, 0.5) is 0 Å². The fraction of sp³-hybridized carbons (Fsp3) is 0.200. The Kier molecular flexibility index (Phi) is 6.03. The summed E-state index contributed by atoms with van der Waals surface area (Å²) in [6, 6.07) is 11.9. The summed E-state index contributed by atoms with van der Waals surface area (Å²) < 4.78 is 1.94. The van der Waals surface area contributed by atoms with Gasteiger partial charge in [0.15, 0.2) is 11.0 Å². The number of carbonyl (C=O) groups excluding carboxylic acids is 1. The third-order valence-corrected chi connectivity index (χ3v) is 4.98. The molecule has 1 aromatic carbocycles. The van der Waals surface area contributed by atoms with Gasteiger partial charge in [0.1, 0.15) is 5.69 Å². The van der Waals surface area contributed by atoms with Crippen LogP contribution in [0.2, 0.25) is 0 Å². The summed E-state index contributed by atoms with van der Waals surface area (Å²) in [6.45, 7) is 8.19. The first kappa shape index (κ1) is 18.8. The number of carbonyl (C=O) groups is 1. The molecule has 0 aliphatic heterocycles. The second-order valence-corrected chi connectivity index (χ2v) is 6.95. The van der Waals surface area contributed by atoms with Gasteiger partial charge in [-0.3, -0.25) is 14.3 Å². The Labute approximate surface area is 162 Å². The van der Waals surface area contributed by atoms with E-state index in [2.05, 4.69) is 53.1 Å². The Morgan fingerprint density at radius 3 is 2.78 bits per heavy atom. The number of amides is 1. The van der Waals surface area contributed by atoms with Gasteiger partial charge >= 0.3 is 0 Å². The topological polar surface area (TPSA) is 72.7 Å². The van der Waals surface area contributed by atoms with Crippen LogP contribution in [0.3, 0.4) is 0 Å². The van der Waals surface area contributed by atoms with Crippen LogP contribution in [0.15, 0.2) is 60.4 Å². The predicted molar refractivity (Wildman–Crippen MR) is 108 cm³/mol. The zero-order chi connectivity index (χ0) is 19.2. The molecule has 1 N–H and O–H groups in total. The highest BCUT2D eigenvalue weighted by atomic mass is 32.2. The minimum Gasteiger partial charge on any atom is -0.352 e. The maximum absolute atomic E-state index is 11.9. The maximum Gasteiger partial charge on any atom is 0.230 e. The van der Waals surface area contributed by atoms with Gasteiger partial charge in [-0.1, -0.05) is 30.0 Å². The number of pyridine rings is 1. The summed E-state index contributed by atoms with van der Waals surface area (Å²) in [6.07, 6.45) is 3.38. The summed E-state index contributed by atoms with van der Waals surface area (Å²) in [4.78, 5) is 16.4. The van der Waals surface area contributed by atoms with Crippen molar-refractivity contribution in [2.45, 2.75) is 19.0 Å². The summed E-state index contributed by atoms with van der Waals surface area (Å²) >= 11 is 1.34. The molecule has 2 aromatic heterocycles. The highest BCUT2D eigenvalue weighted by molar-refractivity contribution is 7.99. The third-order valence-electron chi connectivity index (χ3n) is 4.05. The first-order valence-corrected chi connectivity index (χ1v) is 9.53. The lowest BCUT2D eigenvalue weighted by atomic mass is 10.1. The molecule has 7 heteroatoms. The van der Waals surface area contributed by atoms with Crippen molar-refractivity contribution in [3.63, 3.8) is 0 Å². The number of hydrogen-bond acceptors (Lipinski definition) is 5. The number of aromatic nitrogens is 4. The SMILES string of the molecule is C=CCNC(=O)CSc1nnc(-c2ccccn2)n1-c1ccc(C)c(C)c1. The van der Waals surface area contributed by atoms with E-state index in [-0.39, 0.29) is 11.7 Å². The van der Waals surface area contributed by atoms with Gasteiger partial charge in [0.25, 0.3) is 0 Å². The Balaban J connectivity index is 1.98. The minimum atomic E-state index is -0.0751. The van der Waals surface area contributed by atoms with E-state index >= 15 is 0 Å². The Hall–Kier alpha value is -2.93. The molecule has 0 saturated heterocycles. The fourth-order valence-corrected chi connectivity index (χ4v) is 3.27. The number of aryl methyl sites for hydroxylation is 2. The molecule has 3 rings (SSSR count). The summed E-state index contributed by atoms with van der Waals surface area (Å²) in [5.74, 6) is 0.820. The molecule has 138 valence electrons. The molecule has 0 aliphatic carbocycles. The van der Waals surface area contributed by atoms with Gasteiger partial charge in [0.05, 0.1) is 11.4 Å². The second-order valence-electron chi connectivity index (χ2n) is 6.01. The van der Waals surface area contributed by atoms with Gasteiger partial charge < -0.3 is 5.32 Å². The van der Waals surface area contributed by atoms with Crippen molar-refractivity contribution in [1.82, 2.24) is 25.1 Å². The smallest absolute Gasteiger partial charge is 0.230 e. The standard InChI is InChI=1S/C20H21N5OS/c1-4-10-22-18(26)13-27-20-24-23-19(17-7-5-6-11-21-17)25(20)16-9-8-14(2)15(3)12-16/h4-9,11-12H,1,10,13H2,2-3H3,(H,22,26). The summed E-state index contributed by atoms with van der Waals surface area (Å²) in [5.41, 5.74) is 4.06.